The summed E-state index contributed by atoms with van der Waals surface area (Å²) in [5, 5.41) is 3.05. The summed E-state index contributed by atoms with van der Waals surface area (Å²) in [6.45, 7) is 3.49. The maximum atomic E-state index is 13.1. The second kappa shape index (κ2) is 10.1. The van der Waals surface area contributed by atoms with Gasteiger partial charge in [-0.2, -0.15) is 4.31 Å². The van der Waals surface area contributed by atoms with Crippen LogP contribution >= 0.6 is 0 Å². The second-order valence-electron chi connectivity index (χ2n) is 8.33. The molecule has 4 rings (SSSR count). The zero-order chi connectivity index (χ0) is 24.3. The molecule has 2 aliphatic heterocycles. The van der Waals surface area contributed by atoms with E-state index in [0.717, 1.165) is 5.56 Å². The van der Waals surface area contributed by atoms with Gasteiger partial charge in [-0.1, -0.05) is 6.07 Å². The summed E-state index contributed by atoms with van der Waals surface area (Å²) in [5.74, 6) is 1.87. The fourth-order valence-electron chi connectivity index (χ4n) is 4.23. The van der Waals surface area contributed by atoms with Crippen molar-refractivity contribution in [2.24, 2.45) is 5.92 Å². The van der Waals surface area contributed by atoms with E-state index in [1.165, 1.54) is 30.7 Å². The topological polar surface area (TPSA) is 103 Å². The van der Waals surface area contributed by atoms with Gasteiger partial charge in [-0.25, -0.2) is 8.42 Å². The summed E-state index contributed by atoms with van der Waals surface area (Å²) in [6.07, 6.45) is 0.901. The molecular weight excluding hydrogens is 460 g/mol. The Morgan fingerprint density at radius 3 is 2.35 bits per heavy atom. The molecule has 0 bridgehead atoms. The zero-order valence-corrected chi connectivity index (χ0v) is 20.4. The summed E-state index contributed by atoms with van der Waals surface area (Å²) >= 11 is 0. The van der Waals surface area contributed by atoms with E-state index in [9.17, 15) is 13.2 Å². The molecule has 2 aliphatic rings. The Bertz CT molecular complexity index is 1140. The average Bonchev–Trinajstić information content (AvgIpc) is 2.87. The highest BCUT2D eigenvalue weighted by Gasteiger charge is 2.33. The lowest BCUT2D eigenvalue weighted by atomic mass is 9.96. The minimum Gasteiger partial charge on any atom is -0.493 e. The quantitative estimate of drug-likeness (QED) is 0.637. The molecule has 9 nitrogen and oxygen atoms in total. The van der Waals surface area contributed by atoms with Gasteiger partial charge in [-0.05, 0) is 49.6 Å². The Hall–Kier alpha value is -2.98. The van der Waals surface area contributed by atoms with Crippen LogP contribution in [0.25, 0.3) is 0 Å². The highest BCUT2D eigenvalue weighted by atomic mass is 32.2. The number of amides is 1. The van der Waals surface area contributed by atoms with Crippen molar-refractivity contribution in [2.75, 3.05) is 40.5 Å². The molecule has 1 unspecified atom stereocenters. The number of nitrogens with one attached hydrogen (secondary N) is 1. The van der Waals surface area contributed by atoms with Gasteiger partial charge in [0.2, 0.25) is 15.9 Å². The fourth-order valence-corrected chi connectivity index (χ4v) is 5.71. The van der Waals surface area contributed by atoms with Crippen LogP contribution in [-0.2, 0) is 14.8 Å². The number of sulfonamides is 1. The highest BCUT2D eigenvalue weighted by Crippen LogP contribution is 2.34. The van der Waals surface area contributed by atoms with Gasteiger partial charge in [0, 0.05) is 25.1 Å². The smallest absolute Gasteiger partial charge is 0.243 e. The zero-order valence-electron chi connectivity index (χ0n) is 19.6. The molecule has 2 heterocycles. The monoisotopic (exact) mass is 490 g/mol. The third-order valence-electron chi connectivity index (χ3n) is 6.24. The normalized spacial score (nSPS) is 17.6. The lowest BCUT2D eigenvalue weighted by Crippen LogP contribution is -2.43. The number of methoxy groups -OCH3 is 2. The molecule has 1 amide bonds. The SMILES string of the molecule is COc1ccc(S(=O)(=O)N2CCC(C(=O)NC(C)c3ccc4c(c3)OCCO4)CC2)cc1OC. The standard InChI is InChI=1S/C24H30N2O7S/c1-16(18-4-6-21-23(14-18)33-13-12-32-21)25-24(27)17-8-10-26(11-9-17)34(28,29)19-5-7-20(30-2)22(15-19)31-3/h4-7,14-17H,8-13H2,1-3H3,(H,25,27). The van der Waals surface area contributed by atoms with E-state index >= 15 is 0 Å². The van der Waals surface area contributed by atoms with Crippen molar-refractivity contribution >= 4 is 15.9 Å². The fraction of sp³-hybridized carbons (Fsp3) is 0.458. The number of hydrogen-bond donors (Lipinski definition) is 1. The Labute approximate surface area is 200 Å². The van der Waals surface area contributed by atoms with E-state index in [2.05, 4.69) is 5.32 Å². The van der Waals surface area contributed by atoms with E-state index < -0.39 is 10.0 Å². The molecule has 34 heavy (non-hydrogen) atoms. The van der Waals surface area contributed by atoms with Crippen molar-refractivity contribution in [1.82, 2.24) is 9.62 Å². The summed E-state index contributed by atoms with van der Waals surface area (Å²) in [4.78, 5) is 13.0. The van der Waals surface area contributed by atoms with Gasteiger partial charge in [-0.3, -0.25) is 4.79 Å². The van der Waals surface area contributed by atoms with E-state index in [1.54, 1.807) is 6.07 Å². The summed E-state index contributed by atoms with van der Waals surface area (Å²) in [6, 6.07) is 9.98. The highest BCUT2D eigenvalue weighted by molar-refractivity contribution is 7.89. The van der Waals surface area contributed by atoms with Crippen molar-refractivity contribution < 1.29 is 32.2 Å². The lowest BCUT2D eigenvalue weighted by Gasteiger charge is -2.31. The largest absolute Gasteiger partial charge is 0.493 e. The van der Waals surface area contributed by atoms with E-state index in [4.69, 9.17) is 18.9 Å². The summed E-state index contributed by atoms with van der Waals surface area (Å²) < 4.78 is 49.3. The minimum absolute atomic E-state index is 0.0782. The van der Waals surface area contributed by atoms with Gasteiger partial charge in [0.05, 0.1) is 25.2 Å². The van der Waals surface area contributed by atoms with E-state index in [-0.39, 0.29) is 35.9 Å². The van der Waals surface area contributed by atoms with Crippen molar-refractivity contribution in [2.45, 2.75) is 30.7 Å². The van der Waals surface area contributed by atoms with E-state index in [0.29, 0.717) is 49.1 Å². The van der Waals surface area contributed by atoms with Crippen LogP contribution in [0.5, 0.6) is 23.0 Å². The summed E-state index contributed by atoms with van der Waals surface area (Å²) in [7, 11) is -0.744. The van der Waals surface area contributed by atoms with Crippen LogP contribution in [0.3, 0.4) is 0 Å². The Kier molecular flexibility index (Phi) is 7.18. The Morgan fingerprint density at radius 1 is 1.00 bits per heavy atom. The van der Waals surface area contributed by atoms with Crippen molar-refractivity contribution in [3.8, 4) is 23.0 Å². The predicted octanol–water partition coefficient (Wildman–Crippen LogP) is 2.75. The molecule has 0 saturated carbocycles. The molecule has 2 aromatic rings. The lowest BCUT2D eigenvalue weighted by molar-refractivity contribution is -0.126. The molecule has 1 N–H and O–H groups in total. The molecule has 1 atom stereocenters. The van der Waals surface area contributed by atoms with Gasteiger partial charge in [0.15, 0.2) is 23.0 Å². The maximum absolute atomic E-state index is 13.1. The third-order valence-corrected chi connectivity index (χ3v) is 8.14. The van der Waals surface area contributed by atoms with Gasteiger partial charge in [0.25, 0.3) is 0 Å². The number of rotatable bonds is 7. The maximum Gasteiger partial charge on any atom is 0.243 e. The van der Waals surface area contributed by atoms with Crippen LogP contribution in [0.4, 0.5) is 0 Å². The van der Waals surface area contributed by atoms with Crippen LogP contribution in [0.15, 0.2) is 41.3 Å². The van der Waals surface area contributed by atoms with Crippen LogP contribution in [0.2, 0.25) is 0 Å². The van der Waals surface area contributed by atoms with Crippen LogP contribution in [0.1, 0.15) is 31.4 Å². The first-order valence-electron chi connectivity index (χ1n) is 11.3. The first-order valence-corrected chi connectivity index (χ1v) is 12.7. The number of hydrogen-bond acceptors (Lipinski definition) is 7. The van der Waals surface area contributed by atoms with E-state index in [1.807, 2.05) is 25.1 Å². The molecular formula is C24H30N2O7S. The summed E-state index contributed by atoms with van der Waals surface area (Å²) in [5.41, 5.74) is 0.922. The third kappa shape index (κ3) is 4.92. The number of fused-ring (bicyclic) bond motifs is 1. The predicted molar refractivity (Wildman–Crippen MR) is 125 cm³/mol. The molecule has 1 saturated heterocycles. The van der Waals surface area contributed by atoms with Crippen LogP contribution in [0, 0.1) is 5.92 Å². The van der Waals surface area contributed by atoms with Gasteiger partial charge >= 0.3 is 0 Å². The number of benzene rings is 2. The minimum atomic E-state index is -3.70. The Morgan fingerprint density at radius 2 is 1.68 bits per heavy atom. The number of nitrogens with zero attached hydrogens (tertiary/aromatic N) is 1. The van der Waals surface area contributed by atoms with Gasteiger partial charge < -0.3 is 24.3 Å². The molecule has 184 valence electrons. The van der Waals surface area contributed by atoms with Crippen LogP contribution < -0.4 is 24.3 Å². The van der Waals surface area contributed by atoms with Crippen molar-refractivity contribution in [3.63, 3.8) is 0 Å². The molecule has 0 radical (unpaired) electrons. The first kappa shape index (κ1) is 24.2. The van der Waals surface area contributed by atoms with Gasteiger partial charge in [0.1, 0.15) is 13.2 Å². The van der Waals surface area contributed by atoms with Gasteiger partial charge in [-0.15, -0.1) is 0 Å². The molecule has 10 heteroatoms. The second-order valence-corrected chi connectivity index (χ2v) is 10.3. The molecule has 0 aliphatic carbocycles. The van der Waals surface area contributed by atoms with Crippen LogP contribution in [-0.4, -0.2) is 59.2 Å². The molecule has 2 aromatic carbocycles. The van der Waals surface area contributed by atoms with Crippen molar-refractivity contribution in [1.29, 1.82) is 0 Å². The first-order chi connectivity index (χ1) is 16.3. The molecule has 1 fully saturated rings. The number of piperidine rings is 1. The van der Waals surface area contributed by atoms with Crippen molar-refractivity contribution in [3.05, 3.63) is 42.0 Å². The number of ether oxygens (including phenoxy) is 4. The number of carbonyl (C=O) groups is 1. The molecule has 0 aromatic heterocycles. The average molecular weight is 491 g/mol. The number of carbonyl (C=O) groups excluding carboxylic acids is 1. The Balaban J connectivity index is 1.36. The molecule has 0 spiro atoms.